The molecule has 0 N–H and O–H groups in total. The number of hydrogen-bond acceptors (Lipinski definition) is 1. The zero-order valence-corrected chi connectivity index (χ0v) is 11.7. The minimum Gasteiger partial charge on any atom is -0.317 e. The molecule has 1 aliphatic rings. The van der Waals surface area contributed by atoms with Gasteiger partial charge in [0.25, 0.3) is 0 Å². The second-order valence-electron chi connectivity index (χ2n) is 5.59. The summed E-state index contributed by atoms with van der Waals surface area (Å²) >= 11 is 0. The second-order valence-corrected chi connectivity index (χ2v) is 5.59. The molecule has 1 aromatic carbocycles. The number of amides is 2. The van der Waals surface area contributed by atoms with E-state index in [0.717, 1.165) is 25.2 Å². The molecule has 1 heterocycles. The molecule has 0 bridgehead atoms. The maximum absolute atomic E-state index is 12.4. The van der Waals surface area contributed by atoms with Crippen molar-refractivity contribution in [2.45, 2.75) is 39.7 Å². The number of nitrogens with zero attached hydrogens (tertiary/aromatic N) is 2. The molecule has 1 aliphatic heterocycles. The van der Waals surface area contributed by atoms with Crippen molar-refractivity contribution in [2.75, 3.05) is 18.0 Å². The van der Waals surface area contributed by atoms with Crippen LogP contribution in [-0.4, -0.2) is 29.6 Å². The van der Waals surface area contributed by atoms with E-state index in [1.807, 2.05) is 21.9 Å². The second kappa shape index (κ2) is 4.63. The van der Waals surface area contributed by atoms with Crippen molar-refractivity contribution in [2.24, 2.45) is 0 Å². The maximum atomic E-state index is 12.4. The summed E-state index contributed by atoms with van der Waals surface area (Å²) in [4.78, 5) is 16.3. The summed E-state index contributed by atoms with van der Waals surface area (Å²) in [6.45, 7) is 10.0. The number of rotatable bonds is 3. The number of urea groups is 1. The van der Waals surface area contributed by atoms with Crippen LogP contribution in [-0.2, 0) is 0 Å². The summed E-state index contributed by atoms with van der Waals surface area (Å²) in [7, 11) is 0. The fourth-order valence-electron chi connectivity index (χ4n) is 2.25. The Morgan fingerprint density at radius 3 is 2.33 bits per heavy atom. The van der Waals surface area contributed by atoms with Gasteiger partial charge in [0.1, 0.15) is 0 Å². The van der Waals surface area contributed by atoms with Crippen LogP contribution in [0.15, 0.2) is 24.3 Å². The highest BCUT2D eigenvalue weighted by Gasteiger charge is 2.37. The van der Waals surface area contributed by atoms with Gasteiger partial charge in [0, 0.05) is 24.3 Å². The maximum Gasteiger partial charge on any atom is 0.325 e. The van der Waals surface area contributed by atoms with Crippen LogP contribution in [0.4, 0.5) is 10.5 Å². The minimum absolute atomic E-state index is 0.0590. The van der Waals surface area contributed by atoms with Crippen LogP contribution in [0.25, 0.3) is 0 Å². The van der Waals surface area contributed by atoms with Crippen LogP contribution >= 0.6 is 0 Å². The summed E-state index contributed by atoms with van der Waals surface area (Å²) in [6.07, 6.45) is 0.973. The zero-order chi connectivity index (χ0) is 13.3. The number of aryl methyl sites for hydroxylation is 1. The molecular weight excluding hydrogens is 224 g/mol. The average Bonchev–Trinajstić information content (AvgIpc) is 2.73. The van der Waals surface area contributed by atoms with E-state index >= 15 is 0 Å². The summed E-state index contributed by atoms with van der Waals surface area (Å²) in [5, 5.41) is 0. The van der Waals surface area contributed by atoms with E-state index in [-0.39, 0.29) is 11.6 Å². The highest BCUT2D eigenvalue weighted by atomic mass is 16.2. The molecular formula is C15H22N2O. The lowest BCUT2D eigenvalue weighted by Crippen LogP contribution is -2.46. The first-order valence-corrected chi connectivity index (χ1v) is 6.61. The lowest BCUT2D eigenvalue weighted by molar-refractivity contribution is 0.159. The summed E-state index contributed by atoms with van der Waals surface area (Å²) in [5.74, 6) is 0. The molecule has 0 spiro atoms. The topological polar surface area (TPSA) is 23.6 Å². The fourth-order valence-corrected chi connectivity index (χ4v) is 2.25. The monoisotopic (exact) mass is 246 g/mol. The largest absolute Gasteiger partial charge is 0.325 e. The summed E-state index contributed by atoms with van der Waals surface area (Å²) in [5.41, 5.74) is 2.16. The van der Waals surface area contributed by atoms with Crippen LogP contribution < -0.4 is 4.90 Å². The Balaban J connectivity index is 2.19. The first-order chi connectivity index (χ1) is 8.45. The smallest absolute Gasteiger partial charge is 0.317 e. The van der Waals surface area contributed by atoms with Gasteiger partial charge in [-0.1, -0.05) is 24.6 Å². The molecule has 0 aliphatic carbocycles. The van der Waals surface area contributed by atoms with Crippen molar-refractivity contribution in [3.63, 3.8) is 0 Å². The molecule has 0 atom stereocenters. The number of hydrogen-bond donors (Lipinski definition) is 0. The SMILES string of the molecule is CCC(C)(C)N1CCN(c2ccc(C)cc2)C1=O. The van der Waals surface area contributed by atoms with Gasteiger partial charge in [-0.25, -0.2) is 4.79 Å². The molecule has 3 heteroatoms. The van der Waals surface area contributed by atoms with Gasteiger partial charge in [0.15, 0.2) is 0 Å². The highest BCUT2D eigenvalue weighted by molar-refractivity contribution is 5.94. The van der Waals surface area contributed by atoms with Gasteiger partial charge < -0.3 is 4.90 Å². The van der Waals surface area contributed by atoms with Gasteiger partial charge in [-0.05, 0) is 39.3 Å². The first kappa shape index (κ1) is 12.9. The molecule has 3 nitrogen and oxygen atoms in total. The lowest BCUT2D eigenvalue weighted by Gasteiger charge is -2.34. The highest BCUT2D eigenvalue weighted by Crippen LogP contribution is 2.27. The Morgan fingerprint density at radius 2 is 1.78 bits per heavy atom. The van der Waals surface area contributed by atoms with Crippen LogP contribution in [0.1, 0.15) is 32.8 Å². The molecule has 0 saturated carbocycles. The van der Waals surface area contributed by atoms with Gasteiger partial charge in [0.05, 0.1) is 0 Å². The molecule has 2 rings (SSSR count). The third-order valence-electron chi connectivity index (χ3n) is 3.95. The molecule has 98 valence electrons. The standard InChI is InChI=1S/C15H22N2O/c1-5-15(3,4)17-11-10-16(14(17)18)13-8-6-12(2)7-9-13/h6-9H,5,10-11H2,1-4H3. The van der Waals surface area contributed by atoms with Crippen molar-refractivity contribution < 1.29 is 4.79 Å². The summed E-state index contributed by atoms with van der Waals surface area (Å²) in [6, 6.07) is 8.28. The Labute approximate surface area is 109 Å². The van der Waals surface area contributed by atoms with E-state index in [4.69, 9.17) is 0 Å². The molecule has 18 heavy (non-hydrogen) atoms. The quantitative estimate of drug-likeness (QED) is 0.801. The zero-order valence-electron chi connectivity index (χ0n) is 11.7. The van der Waals surface area contributed by atoms with Crippen LogP contribution in [0.5, 0.6) is 0 Å². The number of anilines is 1. The van der Waals surface area contributed by atoms with Crippen LogP contribution in [0.3, 0.4) is 0 Å². The third-order valence-corrected chi connectivity index (χ3v) is 3.95. The van der Waals surface area contributed by atoms with Gasteiger partial charge in [-0.2, -0.15) is 0 Å². The van der Waals surface area contributed by atoms with Gasteiger partial charge in [-0.3, -0.25) is 4.90 Å². The van der Waals surface area contributed by atoms with Crippen LogP contribution in [0.2, 0.25) is 0 Å². The van der Waals surface area contributed by atoms with E-state index in [9.17, 15) is 4.79 Å². The Bertz CT molecular complexity index is 436. The van der Waals surface area contributed by atoms with E-state index in [0.29, 0.717) is 0 Å². The van der Waals surface area contributed by atoms with Crippen molar-refractivity contribution in [1.82, 2.24) is 4.90 Å². The van der Waals surface area contributed by atoms with Crippen LogP contribution in [0, 0.1) is 6.92 Å². The predicted molar refractivity (Wildman–Crippen MR) is 75.0 cm³/mol. The van der Waals surface area contributed by atoms with E-state index in [1.165, 1.54) is 5.56 Å². The van der Waals surface area contributed by atoms with Gasteiger partial charge in [0.2, 0.25) is 0 Å². The number of benzene rings is 1. The number of carbonyl (C=O) groups is 1. The van der Waals surface area contributed by atoms with Gasteiger partial charge >= 0.3 is 6.03 Å². The molecule has 0 radical (unpaired) electrons. The molecule has 0 unspecified atom stereocenters. The first-order valence-electron chi connectivity index (χ1n) is 6.61. The number of carbonyl (C=O) groups excluding carboxylic acids is 1. The lowest BCUT2D eigenvalue weighted by atomic mass is 10.0. The molecule has 1 fully saturated rings. The Hall–Kier alpha value is -1.51. The van der Waals surface area contributed by atoms with E-state index in [1.54, 1.807) is 0 Å². The fraction of sp³-hybridized carbons (Fsp3) is 0.533. The van der Waals surface area contributed by atoms with Gasteiger partial charge in [-0.15, -0.1) is 0 Å². The predicted octanol–water partition coefficient (Wildman–Crippen LogP) is 3.43. The van der Waals surface area contributed by atoms with Crippen molar-refractivity contribution in [3.8, 4) is 0 Å². The van der Waals surface area contributed by atoms with Crippen molar-refractivity contribution >= 4 is 11.7 Å². The molecule has 1 aromatic rings. The summed E-state index contributed by atoms with van der Waals surface area (Å²) < 4.78 is 0. The van der Waals surface area contributed by atoms with Crippen molar-refractivity contribution in [3.05, 3.63) is 29.8 Å². The average molecular weight is 246 g/mol. The molecule has 0 aromatic heterocycles. The molecule has 1 saturated heterocycles. The van der Waals surface area contributed by atoms with Crippen molar-refractivity contribution in [1.29, 1.82) is 0 Å². The molecule has 2 amide bonds. The minimum atomic E-state index is -0.0590. The van der Waals surface area contributed by atoms with E-state index < -0.39 is 0 Å². The Morgan fingerprint density at radius 1 is 1.17 bits per heavy atom. The van der Waals surface area contributed by atoms with E-state index in [2.05, 4.69) is 39.8 Å². The normalized spacial score (nSPS) is 16.6. The third kappa shape index (κ3) is 2.22. The Kier molecular flexibility index (Phi) is 3.33.